The Hall–Kier alpha value is -2.81. The second-order valence-corrected chi connectivity index (χ2v) is 10.9. The summed E-state index contributed by atoms with van der Waals surface area (Å²) in [5.41, 5.74) is 3.26. The maximum Gasteiger partial charge on any atom is 0.253 e. The summed E-state index contributed by atoms with van der Waals surface area (Å²) in [6.45, 7) is 12.4. The quantitative estimate of drug-likeness (QED) is 0.203. The number of hydrogen-bond acceptors (Lipinski definition) is 5. The molecular weight excluding hydrogens is 529 g/mol. The summed E-state index contributed by atoms with van der Waals surface area (Å²) < 4.78 is 1.87. The average Bonchev–Trinajstić information content (AvgIpc) is 3.22. The topological polar surface area (TPSA) is 88.9 Å². The molecule has 0 radical (unpaired) electrons. The van der Waals surface area contributed by atoms with Gasteiger partial charge < -0.3 is 15.2 Å². The van der Waals surface area contributed by atoms with E-state index in [-0.39, 0.29) is 28.5 Å². The van der Waals surface area contributed by atoms with Crippen LogP contribution in [0.1, 0.15) is 53.6 Å². The molecule has 1 aromatic heterocycles. The van der Waals surface area contributed by atoms with Gasteiger partial charge in [0.1, 0.15) is 0 Å². The summed E-state index contributed by atoms with van der Waals surface area (Å²) in [6, 6.07) is 10.1. The van der Waals surface area contributed by atoms with Crippen LogP contribution in [0.4, 0.5) is 5.69 Å². The number of carbonyl (C=O) groups is 2. The highest BCUT2D eigenvalue weighted by Crippen LogP contribution is 2.27. The number of carbonyl (C=O) groups excluding carboxylic acids is 2. The fourth-order valence-corrected chi connectivity index (χ4v) is 5.03. The lowest BCUT2D eigenvalue weighted by Crippen LogP contribution is -2.32. The van der Waals surface area contributed by atoms with E-state index in [4.69, 9.17) is 23.2 Å². The predicted molar refractivity (Wildman–Crippen MR) is 152 cm³/mol. The lowest BCUT2D eigenvalue weighted by Gasteiger charge is -2.21. The van der Waals surface area contributed by atoms with Crippen molar-refractivity contribution >= 4 is 52.5 Å². The Morgan fingerprint density at radius 3 is 2.59 bits per heavy atom. The van der Waals surface area contributed by atoms with Crippen molar-refractivity contribution < 1.29 is 9.59 Å². The summed E-state index contributed by atoms with van der Waals surface area (Å²) in [4.78, 5) is 25.8. The maximum atomic E-state index is 13.1. The van der Waals surface area contributed by atoms with Gasteiger partial charge in [-0.05, 0) is 61.6 Å². The molecule has 0 aliphatic carbocycles. The Morgan fingerprint density at radius 2 is 1.92 bits per heavy atom. The fourth-order valence-electron chi connectivity index (χ4n) is 3.78. The van der Waals surface area contributed by atoms with Crippen molar-refractivity contribution in [1.82, 2.24) is 20.1 Å². The van der Waals surface area contributed by atoms with Crippen LogP contribution < -0.4 is 10.6 Å². The van der Waals surface area contributed by atoms with Crippen LogP contribution in [0.15, 0.2) is 54.2 Å². The summed E-state index contributed by atoms with van der Waals surface area (Å²) in [5, 5.41) is 16.0. The van der Waals surface area contributed by atoms with Gasteiger partial charge in [-0.3, -0.25) is 9.59 Å². The molecule has 7 nitrogen and oxygen atoms in total. The minimum absolute atomic E-state index is 0.141. The molecule has 0 aliphatic heterocycles. The van der Waals surface area contributed by atoms with Gasteiger partial charge in [0, 0.05) is 17.3 Å². The van der Waals surface area contributed by atoms with Crippen LogP contribution in [-0.4, -0.2) is 32.3 Å². The number of nitrogens with one attached hydrogen (secondary N) is 2. The number of hydrogen-bond donors (Lipinski definition) is 2. The number of nitrogens with zero attached hydrogens (tertiary/aromatic N) is 3. The van der Waals surface area contributed by atoms with E-state index < -0.39 is 6.04 Å². The third kappa shape index (κ3) is 7.60. The normalized spacial score (nSPS) is 11.9. The van der Waals surface area contributed by atoms with Gasteiger partial charge in [0.15, 0.2) is 11.0 Å². The molecule has 0 saturated heterocycles. The first-order valence-corrected chi connectivity index (χ1v) is 13.6. The standard InChI is InChI=1S/C27H31Cl2N5O2S/c1-6-12-34-25(23(13-16(2)3)31-26(36)20-11-10-19(28)14-21(20)29)32-33-27(34)37-15-24(35)30-22-9-7-8-17(4)18(22)5/h6-11,14,16,23H,1,12-13,15H2,2-5H3,(H,30,35)(H,31,36)/t23-/m0/s1. The van der Waals surface area contributed by atoms with Gasteiger partial charge in [-0.2, -0.15) is 0 Å². The molecule has 10 heteroatoms. The van der Waals surface area contributed by atoms with Crippen molar-refractivity contribution in [2.75, 3.05) is 11.1 Å². The highest BCUT2D eigenvalue weighted by Gasteiger charge is 2.25. The zero-order chi connectivity index (χ0) is 27.1. The van der Waals surface area contributed by atoms with Crippen LogP contribution >= 0.6 is 35.0 Å². The number of thioether (sulfide) groups is 1. The third-order valence-corrected chi connectivity index (χ3v) is 7.28. The SMILES string of the molecule is C=CCn1c(SCC(=O)Nc2cccc(C)c2C)nnc1[C@H](CC(C)C)NC(=O)c1ccc(Cl)cc1Cl. The zero-order valence-corrected chi connectivity index (χ0v) is 23.7. The molecule has 2 N–H and O–H groups in total. The van der Waals surface area contributed by atoms with Gasteiger partial charge >= 0.3 is 0 Å². The summed E-state index contributed by atoms with van der Waals surface area (Å²) in [5.74, 6) is 0.536. The van der Waals surface area contributed by atoms with Crippen LogP contribution in [0.3, 0.4) is 0 Å². The van der Waals surface area contributed by atoms with Gasteiger partial charge in [0.05, 0.1) is 22.4 Å². The molecule has 0 aliphatic rings. The number of halogens is 2. The van der Waals surface area contributed by atoms with E-state index in [1.165, 1.54) is 17.8 Å². The monoisotopic (exact) mass is 559 g/mol. The molecule has 2 aromatic carbocycles. The van der Waals surface area contributed by atoms with Crippen LogP contribution in [0, 0.1) is 19.8 Å². The first kappa shape index (κ1) is 28.8. The molecule has 3 rings (SSSR count). The van der Waals surface area contributed by atoms with Crippen molar-refractivity contribution in [1.29, 1.82) is 0 Å². The second-order valence-electron chi connectivity index (χ2n) is 9.10. The molecule has 0 bridgehead atoms. The minimum atomic E-state index is -0.426. The third-order valence-electron chi connectivity index (χ3n) is 5.77. The highest BCUT2D eigenvalue weighted by molar-refractivity contribution is 7.99. The van der Waals surface area contributed by atoms with E-state index in [0.29, 0.717) is 34.5 Å². The Morgan fingerprint density at radius 1 is 1.16 bits per heavy atom. The van der Waals surface area contributed by atoms with Crippen molar-refractivity contribution in [3.8, 4) is 0 Å². The van der Waals surface area contributed by atoms with E-state index in [2.05, 4.69) is 41.3 Å². The number of aromatic nitrogens is 3. The van der Waals surface area contributed by atoms with Crippen LogP contribution in [0.25, 0.3) is 0 Å². The molecule has 3 aromatic rings. The van der Waals surface area contributed by atoms with Crippen molar-refractivity contribution in [2.45, 2.75) is 51.9 Å². The Kier molecular flexibility index (Phi) is 10.2. The number of anilines is 1. The summed E-state index contributed by atoms with van der Waals surface area (Å²) >= 11 is 13.5. The maximum absolute atomic E-state index is 13.1. The van der Waals surface area contributed by atoms with Gasteiger partial charge in [0.2, 0.25) is 5.91 Å². The van der Waals surface area contributed by atoms with Crippen LogP contribution in [0.2, 0.25) is 10.0 Å². The molecule has 0 spiro atoms. The van der Waals surface area contributed by atoms with Gasteiger partial charge in [-0.25, -0.2) is 0 Å². The molecule has 1 atom stereocenters. The molecule has 0 fully saturated rings. The first-order valence-electron chi connectivity index (χ1n) is 11.9. The van der Waals surface area contributed by atoms with E-state index in [9.17, 15) is 9.59 Å². The lowest BCUT2D eigenvalue weighted by molar-refractivity contribution is -0.113. The zero-order valence-electron chi connectivity index (χ0n) is 21.3. The van der Waals surface area contributed by atoms with Crippen LogP contribution in [-0.2, 0) is 11.3 Å². The largest absolute Gasteiger partial charge is 0.342 e. The first-order chi connectivity index (χ1) is 17.6. The minimum Gasteiger partial charge on any atom is -0.342 e. The number of allylic oxidation sites excluding steroid dienone is 1. The van der Waals surface area contributed by atoms with E-state index in [1.807, 2.05) is 36.6 Å². The Balaban J connectivity index is 1.79. The predicted octanol–water partition coefficient (Wildman–Crippen LogP) is 6.64. The van der Waals surface area contributed by atoms with Crippen molar-refractivity contribution in [3.63, 3.8) is 0 Å². The Bertz CT molecular complexity index is 1290. The second kappa shape index (κ2) is 13.1. The lowest BCUT2D eigenvalue weighted by atomic mass is 10.0. The summed E-state index contributed by atoms with van der Waals surface area (Å²) in [7, 11) is 0. The molecule has 1 heterocycles. The van der Waals surface area contributed by atoms with E-state index in [0.717, 1.165) is 16.8 Å². The number of aryl methyl sites for hydroxylation is 1. The number of benzene rings is 2. The molecular formula is C27H31Cl2N5O2S. The van der Waals surface area contributed by atoms with Crippen molar-refractivity contribution in [2.24, 2.45) is 5.92 Å². The number of amides is 2. The van der Waals surface area contributed by atoms with E-state index >= 15 is 0 Å². The molecule has 37 heavy (non-hydrogen) atoms. The molecule has 2 amide bonds. The van der Waals surface area contributed by atoms with Crippen molar-refractivity contribution in [3.05, 3.63) is 81.6 Å². The smallest absolute Gasteiger partial charge is 0.253 e. The van der Waals surface area contributed by atoms with Gasteiger partial charge in [-0.1, -0.05) is 67.0 Å². The number of rotatable bonds is 11. The van der Waals surface area contributed by atoms with Gasteiger partial charge in [0.25, 0.3) is 5.91 Å². The summed E-state index contributed by atoms with van der Waals surface area (Å²) in [6.07, 6.45) is 2.36. The fraction of sp³-hybridized carbons (Fsp3) is 0.333. The molecule has 0 unspecified atom stereocenters. The molecule has 0 saturated carbocycles. The average molecular weight is 561 g/mol. The Labute approximate surface area is 232 Å². The van der Waals surface area contributed by atoms with Gasteiger partial charge in [-0.15, -0.1) is 16.8 Å². The highest BCUT2D eigenvalue weighted by atomic mass is 35.5. The van der Waals surface area contributed by atoms with E-state index in [1.54, 1.807) is 18.2 Å². The van der Waals surface area contributed by atoms with Crippen LogP contribution in [0.5, 0.6) is 0 Å². The molecule has 196 valence electrons.